The first kappa shape index (κ1) is 21.3. The van der Waals surface area contributed by atoms with Crippen molar-refractivity contribution < 1.29 is 4.79 Å². The molecule has 9 nitrogen and oxygen atoms in total. The minimum atomic E-state index is -0.319. The third-order valence-corrected chi connectivity index (χ3v) is 7.64. The standard InChI is InChI=1S/C25H32N8O/c1-17-15-32(12-11-26-17)19-6-8-21(27-14-19)30-24-28-13-18-5-7-20-23(34)29-16-25(9-3-2-4-10-25)33(20)22(18)31-24/h5-8,13-14,17,20,26H,2-4,9-12,15-16H2,1H3,(H,29,34)(H,27,28,30,31)/t17-,20?/m1/s1. The zero-order chi connectivity index (χ0) is 23.1. The number of rotatable bonds is 3. The summed E-state index contributed by atoms with van der Waals surface area (Å²) in [6.45, 7) is 5.81. The van der Waals surface area contributed by atoms with Gasteiger partial charge in [-0.2, -0.15) is 4.98 Å². The molecular formula is C25H32N8O. The number of amides is 1. The van der Waals surface area contributed by atoms with E-state index >= 15 is 0 Å². The number of carbonyl (C=O) groups excluding carboxylic acids is 1. The van der Waals surface area contributed by atoms with Gasteiger partial charge in [0.2, 0.25) is 11.9 Å². The normalized spacial score (nSPS) is 25.5. The predicted molar refractivity (Wildman–Crippen MR) is 133 cm³/mol. The second-order valence-corrected chi connectivity index (χ2v) is 9.98. The van der Waals surface area contributed by atoms with Gasteiger partial charge in [0.1, 0.15) is 17.7 Å². The highest BCUT2D eigenvalue weighted by Crippen LogP contribution is 2.42. The van der Waals surface area contributed by atoms with Gasteiger partial charge in [0, 0.05) is 44.0 Å². The van der Waals surface area contributed by atoms with Crippen molar-refractivity contribution in [3.05, 3.63) is 36.2 Å². The van der Waals surface area contributed by atoms with Gasteiger partial charge in [-0.25, -0.2) is 9.97 Å². The summed E-state index contributed by atoms with van der Waals surface area (Å²) in [5.41, 5.74) is 2.00. The first-order valence-electron chi connectivity index (χ1n) is 12.5. The quantitative estimate of drug-likeness (QED) is 0.643. The molecule has 2 aromatic heterocycles. The summed E-state index contributed by atoms with van der Waals surface area (Å²) in [4.78, 5) is 31.4. The number of hydrogen-bond acceptors (Lipinski definition) is 8. The lowest BCUT2D eigenvalue weighted by Gasteiger charge is -2.54. The van der Waals surface area contributed by atoms with Crippen LogP contribution in [0.25, 0.3) is 6.08 Å². The Bertz CT molecular complexity index is 1090. The summed E-state index contributed by atoms with van der Waals surface area (Å²) in [5, 5.41) is 9.90. The lowest BCUT2D eigenvalue weighted by Crippen LogP contribution is -2.69. The summed E-state index contributed by atoms with van der Waals surface area (Å²) in [5.74, 6) is 2.10. The number of carbonyl (C=O) groups is 1. The van der Waals surface area contributed by atoms with Gasteiger partial charge >= 0.3 is 0 Å². The molecule has 34 heavy (non-hydrogen) atoms. The molecule has 2 saturated heterocycles. The fraction of sp³-hybridized carbons (Fsp3) is 0.520. The number of fused-ring (bicyclic) bond motifs is 4. The third-order valence-electron chi connectivity index (χ3n) is 7.64. The van der Waals surface area contributed by atoms with Crippen LogP contribution < -0.4 is 25.8 Å². The van der Waals surface area contributed by atoms with Crippen LogP contribution in [-0.2, 0) is 4.79 Å². The van der Waals surface area contributed by atoms with Crippen LogP contribution in [0, 0.1) is 0 Å². The van der Waals surface area contributed by atoms with Crippen molar-refractivity contribution in [1.29, 1.82) is 0 Å². The first-order chi connectivity index (χ1) is 16.6. The van der Waals surface area contributed by atoms with E-state index < -0.39 is 0 Å². The zero-order valence-corrected chi connectivity index (χ0v) is 19.6. The average molecular weight is 461 g/mol. The Kier molecular flexibility index (Phi) is 5.36. The number of nitrogens with one attached hydrogen (secondary N) is 3. The number of anilines is 4. The van der Waals surface area contributed by atoms with Gasteiger partial charge < -0.3 is 25.8 Å². The maximum atomic E-state index is 12.7. The van der Waals surface area contributed by atoms with Crippen LogP contribution in [0.2, 0.25) is 0 Å². The molecular weight excluding hydrogens is 428 g/mol. The van der Waals surface area contributed by atoms with Gasteiger partial charge in [-0.3, -0.25) is 4.79 Å². The fourth-order valence-electron chi connectivity index (χ4n) is 5.89. The van der Waals surface area contributed by atoms with Gasteiger partial charge in [-0.15, -0.1) is 0 Å². The molecule has 178 valence electrons. The maximum absolute atomic E-state index is 12.7. The van der Waals surface area contributed by atoms with E-state index in [4.69, 9.17) is 4.98 Å². The molecule has 3 N–H and O–H groups in total. The summed E-state index contributed by atoms with van der Waals surface area (Å²) in [6, 6.07) is 4.22. The molecule has 6 rings (SSSR count). The highest BCUT2D eigenvalue weighted by molar-refractivity contribution is 5.93. The van der Waals surface area contributed by atoms with Crippen molar-refractivity contribution in [3.8, 4) is 0 Å². The van der Waals surface area contributed by atoms with E-state index in [1.54, 1.807) is 0 Å². The van der Waals surface area contributed by atoms with E-state index in [-0.39, 0.29) is 17.5 Å². The van der Waals surface area contributed by atoms with Crippen LogP contribution in [0.4, 0.5) is 23.3 Å². The van der Waals surface area contributed by atoms with Crippen LogP contribution in [0.1, 0.15) is 44.6 Å². The Hall–Kier alpha value is -3.20. The highest BCUT2D eigenvalue weighted by Gasteiger charge is 2.49. The summed E-state index contributed by atoms with van der Waals surface area (Å²) in [6.07, 6.45) is 13.5. The van der Waals surface area contributed by atoms with Crippen molar-refractivity contribution >= 4 is 35.3 Å². The summed E-state index contributed by atoms with van der Waals surface area (Å²) >= 11 is 0. The Balaban J connectivity index is 1.26. The molecule has 1 saturated carbocycles. The van der Waals surface area contributed by atoms with Gasteiger partial charge in [0.05, 0.1) is 17.4 Å². The molecule has 9 heteroatoms. The van der Waals surface area contributed by atoms with Crippen molar-refractivity contribution in [2.75, 3.05) is 41.3 Å². The smallest absolute Gasteiger partial charge is 0.246 e. The number of pyridine rings is 1. The second-order valence-electron chi connectivity index (χ2n) is 9.98. The average Bonchev–Trinajstić information content (AvgIpc) is 2.87. The van der Waals surface area contributed by atoms with Crippen LogP contribution >= 0.6 is 0 Å². The first-order valence-corrected chi connectivity index (χ1v) is 12.5. The monoisotopic (exact) mass is 460 g/mol. The van der Waals surface area contributed by atoms with Crippen LogP contribution in [-0.4, -0.2) is 64.7 Å². The molecule has 2 atom stereocenters. The van der Waals surface area contributed by atoms with E-state index in [9.17, 15) is 4.79 Å². The van der Waals surface area contributed by atoms with Gasteiger partial charge in [0.15, 0.2) is 0 Å². The number of hydrogen-bond donors (Lipinski definition) is 3. The van der Waals surface area contributed by atoms with Crippen molar-refractivity contribution in [3.63, 3.8) is 0 Å². The van der Waals surface area contributed by atoms with E-state index in [2.05, 4.69) is 48.7 Å². The summed E-state index contributed by atoms with van der Waals surface area (Å²) < 4.78 is 0. The maximum Gasteiger partial charge on any atom is 0.246 e. The van der Waals surface area contributed by atoms with Crippen LogP contribution in [0.3, 0.4) is 0 Å². The molecule has 1 spiro atoms. The van der Waals surface area contributed by atoms with Crippen molar-refractivity contribution in [2.45, 2.75) is 56.7 Å². The van der Waals surface area contributed by atoms with Crippen molar-refractivity contribution in [2.24, 2.45) is 0 Å². The molecule has 0 radical (unpaired) electrons. The minimum absolute atomic E-state index is 0.0470. The molecule has 4 aliphatic rings. The summed E-state index contributed by atoms with van der Waals surface area (Å²) in [7, 11) is 0. The van der Waals surface area contributed by atoms with Gasteiger partial charge in [0.25, 0.3) is 0 Å². The Morgan fingerprint density at radius 1 is 1.15 bits per heavy atom. The number of nitrogens with zero attached hydrogens (tertiary/aromatic N) is 5. The lowest BCUT2D eigenvalue weighted by molar-refractivity contribution is -0.123. The minimum Gasteiger partial charge on any atom is -0.367 e. The van der Waals surface area contributed by atoms with E-state index in [0.29, 0.717) is 24.4 Å². The van der Waals surface area contributed by atoms with Crippen LogP contribution in [0.5, 0.6) is 0 Å². The molecule has 0 aromatic carbocycles. The van der Waals surface area contributed by atoms with E-state index in [0.717, 1.165) is 49.5 Å². The molecule has 0 bridgehead atoms. The largest absolute Gasteiger partial charge is 0.367 e. The molecule has 1 unspecified atom stereocenters. The lowest BCUT2D eigenvalue weighted by atomic mass is 9.77. The predicted octanol–water partition coefficient (Wildman–Crippen LogP) is 2.45. The highest BCUT2D eigenvalue weighted by atomic mass is 16.2. The molecule has 2 aromatic rings. The second kappa shape index (κ2) is 8.54. The van der Waals surface area contributed by atoms with Crippen LogP contribution in [0.15, 0.2) is 30.6 Å². The van der Waals surface area contributed by atoms with Gasteiger partial charge in [-0.1, -0.05) is 31.4 Å². The van der Waals surface area contributed by atoms with Gasteiger partial charge in [-0.05, 0) is 31.9 Å². The topological polar surface area (TPSA) is 98.3 Å². The third kappa shape index (κ3) is 3.77. The van der Waals surface area contributed by atoms with Crippen molar-refractivity contribution in [1.82, 2.24) is 25.6 Å². The molecule has 1 aliphatic carbocycles. The number of piperazine rings is 2. The molecule has 3 fully saturated rings. The van der Waals surface area contributed by atoms with E-state index in [1.807, 2.05) is 30.6 Å². The zero-order valence-electron chi connectivity index (χ0n) is 19.6. The molecule has 5 heterocycles. The fourth-order valence-corrected chi connectivity index (χ4v) is 5.89. The number of aromatic nitrogens is 3. The SMILES string of the molecule is C[C@@H]1CN(c2ccc(Nc3ncc4c(n3)N3C(C=C4)C(=O)NCC34CCCCC4)nc2)CCN1. The Morgan fingerprint density at radius 2 is 2.03 bits per heavy atom. The molecule has 1 amide bonds. The van der Waals surface area contributed by atoms with E-state index in [1.165, 1.54) is 19.3 Å². The molecule has 3 aliphatic heterocycles. The Labute approximate surface area is 200 Å². The Morgan fingerprint density at radius 3 is 2.82 bits per heavy atom.